The van der Waals surface area contributed by atoms with E-state index in [0.29, 0.717) is 0 Å². The number of halogens is 1. The van der Waals surface area contributed by atoms with Crippen molar-refractivity contribution in [3.63, 3.8) is 0 Å². The Morgan fingerprint density at radius 3 is 2.60 bits per heavy atom. The Morgan fingerprint density at radius 2 is 2.30 bits per heavy atom. The van der Waals surface area contributed by atoms with Gasteiger partial charge in [0.2, 0.25) is 0 Å². The summed E-state index contributed by atoms with van der Waals surface area (Å²) in [5, 5.41) is 0.0528. The van der Waals surface area contributed by atoms with Gasteiger partial charge in [-0.25, -0.2) is 0 Å². The monoisotopic (exact) mass is 183 g/mol. The van der Waals surface area contributed by atoms with Gasteiger partial charge in [-0.1, -0.05) is 18.2 Å². The molecule has 5 heteroatoms. The summed E-state index contributed by atoms with van der Waals surface area (Å²) in [4.78, 5) is 0. The van der Waals surface area contributed by atoms with Crippen molar-refractivity contribution < 1.29 is 12.6 Å². The molecule has 0 aliphatic heterocycles. The van der Waals surface area contributed by atoms with Crippen LogP contribution in [0.5, 0.6) is 0 Å². The molecule has 0 fully saturated rings. The van der Waals surface area contributed by atoms with Gasteiger partial charge in [0.05, 0.1) is 5.75 Å². The van der Waals surface area contributed by atoms with Crippen LogP contribution in [0.15, 0.2) is 11.6 Å². The summed E-state index contributed by atoms with van der Waals surface area (Å²) in [6.45, 7) is 5.57. The van der Waals surface area contributed by atoms with E-state index in [-0.39, 0.29) is 10.8 Å². The highest BCUT2D eigenvalue weighted by molar-refractivity contribution is 7.86. The standard InChI is InChI=1S/C5H8ClO3S/c1-3-10(7,8)9-4-5(2)6/h4H,2-3H2,1H3. The molecule has 0 aliphatic carbocycles. The van der Waals surface area contributed by atoms with Crippen molar-refractivity contribution in [1.82, 2.24) is 0 Å². The van der Waals surface area contributed by atoms with Gasteiger partial charge in [-0.05, 0) is 6.92 Å². The molecule has 3 nitrogen and oxygen atoms in total. The van der Waals surface area contributed by atoms with Crippen molar-refractivity contribution in [3.8, 4) is 0 Å². The summed E-state index contributed by atoms with van der Waals surface area (Å²) in [6, 6.07) is 0. The van der Waals surface area contributed by atoms with Crippen LogP contribution in [0.2, 0.25) is 0 Å². The smallest absolute Gasteiger partial charge is 0.258 e. The Kier molecular flexibility index (Phi) is 3.93. The average molecular weight is 184 g/mol. The van der Waals surface area contributed by atoms with Gasteiger partial charge in [-0.3, -0.25) is 4.18 Å². The first-order valence-electron chi connectivity index (χ1n) is 2.56. The molecule has 0 aliphatic rings. The van der Waals surface area contributed by atoms with Crippen LogP contribution in [-0.2, 0) is 14.3 Å². The predicted octanol–water partition coefficient (Wildman–Crippen LogP) is 1.27. The largest absolute Gasteiger partial charge is 0.267 e. The van der Waals surface area contributed by atoms with E-state index in [1.807, 2.05) is 0 Å². The first-order chi connectivity index (χ1) is 4.48. The van der Waals surface area contributed by atoms with Gasteiger partial charge in [0.15, 0.2) is 0 Å². The molecule has 0 amide bonds. The van der Waals surface area contributed by atoms with E-state index < -0.39 is 10.1 Å². The summed E-state index contributed by atoms with van der Waals surface area (Å²) in [5.74, 6) is -0.0757. The Morgan fingerprint density at radius 1 is 1.80 bits per heavy atom. The van der Waals surface area contributed by atoms with Crippen LogP contribution in [0.3, 0.4) is 0 Å². The van der Waals surface area contributed by atoms with Gasteiger partial charge < -0.3 is 0 Å². The molecule has 0 aromatic heterocycles. The summed E-state index contributed by atoms with van der Waals surface area (Å²) >= 11 is 5.20. The van der Waals surface area contributed by atoms with Crippen molar-refractivity contribution >= 4 is 21.7 Å². The highest BCUT2D eigenvalue weighted by Crippen LogP contribution is 2.06. The minimum absolute atomic E-state index is 0.0528. The zero-order valence-corrected chi connectivity index (χ0v) is 7.07. The molecule has 0 saturated carbocycles. The van der Waals surface area contributed by atoms with Gasteiger partial charge in [0, 0.05) is 5.03 Å². The molecule has 0 bridgehead atoms. The Bertz CT molecular complexity index is 207. The van der Waals surface area contributed by atoms with E-state index in [4.69, 9.17) is 11.6 Å². The molecule has 0 saturated heterocycles. The van der Waals surface area contributed by atoms with Crippen LogP contribution in [0.25, 0.3) is 0 Å². The van der Waals surface area contributed by atoms with Gasteiger partial charge in [-0.15, -0.1) is 0 Å². The zero-order chi connectivity index (χ0) is 8.20. The zero-order valence-electron chi connectivity index (χ0n) is 5.50. The average Bonchev–Trinajstić information content (AvgIpc) is 1.85. The molecule has 0 unspecified atom stereocenters. The third-order valence-electron chi connectivity index (χ3n) is 0.676. The molecule has 10 heavy (non-hydrogen) atoms. The Balaban J connectivity index is 3.81. The normalized spacial score (nSPS) is 11.4. The molecule has 0 heterocycles. The molecule has 0 rings (SSSR count). The number of rotatable bonds is 4. The van der Waals surface area contributed by atoms with Crippen LogP contribution in [0, 0.1) is 6.61 Å². The van der Waals surface area contributed by atoms with Gasteiger partial charge in [0.1, 0.15) is 6.61 Å². The van der Waals surface area contributed by atoms with Crippen molar-refractivity contribution in [2.24, 2.45) is 0 Å². The Hall–Kier alpha value is -0.0600. The maximum Gasteiger partial charge on any atom is 0.267 e. The lowest BCUT2D eigenvalue weighted by Crippen LogP contribution is -2.05. The first-order valence-corrected chi connectivity index (χ1v) is 4.52. The van der Waals surface area contributed by atoms with E-state index in [1.54, 1.807) is 0 Å². The van der Waals surface area contributed by atoms with E-state index in [1.165, 1.54) is 6.92 Å². The van der Waals surface area contributed by atoms with Crippen LogP contribution < -0.4 is 0 Å². The van der Waals surface area contributed by atoms with Crippen molar-refractivity contribution in [2.75, 3.05) is 5.75 Å². The second kappa shape index (κ2) is 3.95. The van der Waals surface area contributed by atoms with Gasteiger partial charge >= 0.3 is 0 Å². The van der Waals surface area contributed by atoms with E-state index >= 15 is 0 Å². The van der Waals surface area contributed by atoms with Gasteiger partial charge in [0.25, 0.3) is 10.1 Å². The van der Waals surface area contributed by atoms with E-state index in [2.05, 4.69) is 10.8 Å². The molecule has 1 radical (unpaired) electrons. The third-order valence-corrected chi connectivity index (χ3v) is 1.86. The quantitative estimate of drug-likeness (QED) is 0.617. The molecule has 0 atom stereocenters. The fourth-order valence-electron chi connectivity index (χ4n) is 0.194. The van der Waals surface area contributed by atoms with Crippen LogP contribution >= 0.6 is 11.6 Å². The fourth-order valence-corrected chi connectivity index (χ4v) is 0.690. The summed E-state index contributed by atoms with van der Waals surface area (Å²) in [6.07, 6.45) is 0. The highest BCUT2D eigenvalue weighted by atomic mass is 35.5. The molecule has 0 aromatic carbocycles. The minimum Gasteiger partial charge on any atom is -0.258 e. The third kappa shape index (κ3) is 4.78. The van der Waals surface area contributed by atoms with Crippen LogP contribution in [-0.4, -0.2) is 14.2 Å². The lowest BCUT2D eigenvalue weighted by molar-refractivity contribution is 0.411. The molecule has 59 valence electrons. The fraction of sp³-hybridized carbons (Fsp3) is 0.400. The van der Waals surface area contributed by atoms with Crippen molar-refractivity contribution in [3.05, 3.63) is 18.2 Å². The summed E-state index contributed by atoms with van der Waals surface area (Å²) in [7, 11) is -3.42. The van der Waals surface area contributed by atoms with Crippen LogP contribution in [0.1, 0.15) is 6.92 Å². The van der Waals surface area contributed by atoms with Gasteiger partial charge in [-0.2, -0.15) is 8.42 Å². The topological polar surface area (TPSA) is 43.4 Å². The lowest BCUT2D eigenvalue weighted by atomic mass is 10.7. The molecular weight excluding hydrogens is 176 g/mol. The maximum atomic E-state index is 10.6. The summed E-state index contributed by atoms with van der Waals surface area (Å²) < 4.78 is 25.4. The van der Waals surface area contributed by atoms with Crippen molar-refractivity contribution in [2.45, 2.75) is 6.92 Å². The maximum absolute atomic E-state index is 10.6. The SMILES string of the molecule is C=C(Cl)[CH]OS(=O)(=O)CC. The van der Waals surface area contributed by atoms with Crippen LogP contribution in [0.4, 0.5) is 0 Å². The molecule has 0 N–H and O–H groups in total. The molecular formula is C5H8ClO3S. The number of hydrogen-bond donors (Lipinski definition) is 0. The predicted molar refractivity (Wildman–Crippen MR) is 39.8 cm³/mol. The summed E-state index contributed by atoms with van der Waals surface area (Å²) in [5.41, 5.74) is 0. The highest BCUT2D eigenvalue weighted by Gasteiger charge is 2.06. The second-order valence-corrected chi connectivity index (χ2v) is 3.88. The van der Waals surface area contributed by atoms with E-state index in [0.717, 1.165) is 6.61 Å². The molecule has 0 aromatic rings. The van der Waals surface area contributed by atoms with Crippen molar-refractivity contribution in [1.29, 1.82) is 0 Å². The Labute approximate surface area is 65.8 Å². The van der Waals surface area contributed by atoms with E-state index in [9.17, 15) is 8.42 Å². The first kappa shape index (κ1) is 9.94. The molecule has 0 spiro atoms. The lowest BCUT2D eigenvalue weighted by Gasteiger charge is -1.98. The second-order valence-electron chi connectivity index (χ2n) is 1.51. The minimum atomic E-state index is -3.42. The number of hydrogen-bond acceptors (Lipinski definition) is 3.